The molecule has 1 N–H and O–H groups in total. The smallest absolute Gasteiger partial charge is 0.239 e. The molecular formula is C17H35N3O. The quantitative estimate of drug-likeness (QED) is 0.782. The van der Waals surface area contributed by atoms with Gasteiger partial charge in [0.05, 0.1) is 6.04 Å². The van der Waals surface area contributed by atoms with Crippen molar-refractivity contribution in [1.29, 1.82) is 0 Å². The fourth-order valence-electron chi connectivity index (χ4n) is 3.26. The largest absolute Gasteiger partial charge is 0.347 e. The fourth-order valence-corrected chi connectivity index (χ4v) is 3.26. The van der Waals surface area contributed by atoms with Gasteiger partial charge in [-0.05, 0) is 51.1 Å². The summed E-state index contributed by atoms with van der Waals surface area (Å²) in [5, 5.41) is 3.63. The van der Waals surface area contributed by atoms with Gasteiger partial charge >= 0.3 is 0 Å². The van der Waals surface area contributed by atoms with Crippen molar-refractivity contribution in [2.75, 3.05) is 33.7 Å². The number of hydrogen-bond donors (Lipinski definition) is 1. The molecule has 1 amide bonds. The summed E-state index contributed by atoms with van der Waals surface area (Å²) >= 11 is 0. The van der Waals surface area contributed by atoms with Crippen LogP contribution in [0.5, 0.6) is 0 Å². The molecule has 0 aromatic carbocycles. The Kier molecular flexibility index (Phi) is 7.67. The van der Waals surface area contributed by atoms with Crippen LogP contribution in [0.1, 0.15) is 47.0 Å². The van der Waals surface area contributed by atoms with Crippen LogP contribution >= 0.6 is 0 Å². The van der Waals surface area contributed by atoms with Gasteiger partial charge in [-0.3, -0.25) is 4.79 Å². The van der Waals surface area contributed by atoms with Crippen molar-refractivity contribution in [2.24, 2.45) is 11.8 Å². The van der Waals surface area contributed by atoms with Crippen molar-refractivity contribution in [3.8, 4) is 0 Å². The predicted octanol–water partition coefficient (Wildman–Crippen LogP) is 2.20. The molecule has 124 valence electrons. The third-order valence-corrected chi connectivity index (χ3v) is 4.61. The van der Waals surface area contributed by atoms with E-state index in [4.69, 9.17) is 0 Å². The van der Waals surface area contributed by atoms with E-state index in [2.05, 4.69) is 37.9 Å². The van der Waals surface area contributed by atoms with Crippen LogP contribution in [-0.4, -0.2) is 61.5 Å². The first-order chi connectivity index (χ1) is 9.85. The minimum absolute atomic E-state index is 0.0491. The second-order valence-electron chi connectivity index (χ2n) is 7.17. The zero-order valence-electron chi connectivity index (χ0n) is 14.9. The van der Waals surface area contributed by atoms with Gasteiger partial charge in [0, 0.05) is 26.7 Å². The number of amides is 1. The number of likely N-dealkylation sites (N-methyl/N-ethyl adjacent to an activating group) is 1. The Morgan fingerprint density at radius 2 is 2.00 bits per heavy atom. The van der Waals surface area contributed by atoms with Crippen molar-refractivity contribution >= 4 is 5.91 Å². The summed E-state index contributed by atoms with van der Waals surface area (Å²) in [6, 6.07) is 0.346. The summed E-state index contributed by atoms with van der Waals surface area (Å²) in [4.78, 5) is 16.6. The monoisotopic (exact) mass is 297 g/mol. The van der Waals surface area contributed by atoms with Crippen molar-refractivity contribution in [3.05, 3.63) is 0 Å². The molecule has 1 rings (SSSR count). The van der Waals surface area contributed by atoms with Crippen LogP contribution in [0.3, 0.4) is 0 Å². The van der Waals surface area contributed by atoms with E-state index in [1.54, 1.807) is 4.90 Å². The van der Waals surface area contributed by atoms with Gasteiger partial charge < -0.3 is 15.1 Å². The molecule has 0 radical (unpaired) electrons. The van der Waals surface area contributed by atoms with Gasteiger partial charge in [-0.15, -0.1) is 0 Å². The second-order valence-corrected chi connectivity index (χ2v) is 7.17. The topological polar surface area (TPSA) is 35.6 Å². The van der Waals surface area contributed by atoms with E-state index >= 15 is 0 Å². The van der Waals surface area contributed by atoms with Crippen LogP contribution in [0.2, 0.25) is 0 Å². The van der Waals surface area contributed by atoms with E-state index in [-0.39, 0.29) is 11.9 Å². The third kappa shape index (κ3) is 5.95. The second kappa shape index (κ2) is 8.74. The highest BCUT2D eigenvalue weighted by Crippen LogP contribution is 2.20. The summed E-state index contributed by atoms with van der Waals surface area (Å²) in [6.07, 6.45) is 3.46. The Labute approximate surface area is 131 Å². The summed E-state index contributed by atoms with van der Waals surface area (Å²) in [7, 11) is 3.70. The van der Waals surface area contributed by atoms with Gasteiger partial charge in [0.15, 0.2) is 0 Å². The number of hydrogen-bond acceptors (Lipinski definition) is 3. The molecule has 0 aromatic rings. The van der Waals surface area contributed by atoms with E-state index < -0.39 is 0 Å². The Hall–Kier alpha value is -0.610. The lowest BCUT2D eigenvalue weighted by Crippen LogP contribution is -2.52. The Balaban J connectivity index is 2.62. The molecule has 4 nitrogen and oxygen atoms in total. The summed E-state index contributed by atoms with van der Waals surface area (Å²) in [5.41, 5.74) is 0. The molecule has 3 unspecified atom stereocenters. The first-order valence-electron chi connectivity index (χ1n) is 8.54. The lowest BCUT2D eigenvalue weighted by atomic mass is 9.90. The van der Waals surface area contributed by atoms with E-state index in [1.165, 1.54) is 19.4 Å². The maximum Gasteiger partial charge on any atom is 0.239 e. The Bertz CT molecular complexity index is 317. The number of nitrogens with one attached hydrogen (secondary N) is 1. The Morgan fingerprint density at radius 3 is 2.52 bits per heavy atom. The van der Waals surface area contributed by atoms with Crippen LogP contribution in [0.25, 0.3) is 0 Å². The molecule has 3 atom stereocenters. The van der Waals surface area contributed by atoms with Crippen LogP contribution in [-0.2, 0) is 4.79 Å². The summed E-state index contributed by atoms with van der Waals surface area (Å²) < 4.78 is 0. The number of carbonyl (C=O) groups is 1. The maximum atomic E-state index is 12.4. The van der Waals surface area contributed by atoms with Crippen molar-refractivity contribution in [3.63, 3.8) is 0 Å². The lowest BCUT2D eigenvalue weighted by molar-refractivity contribution is -0.131. The molecule has 0 spiro atoms. The first-order valence-corrected chi connectivity index (χ1v) is 8.54. The van der Waals surface area contributed by atoms with E-state index in [0.717, 1.165) is 19.5 Å². The molecule has 0 saturated carbocycles. The average Bonchev–Trinajstić information content (AvgIpc) is 2.45. The fraction of sp³-hybridized carbons (Fsp3) is 0.941. The molecule has 1 heterocycles. The molecular weight excluding hydrogens is 262 g/mol. The molecule has 1 aliphatic rings. The van der Waals surface area contributed by atoms with Crippen molar-refractivity contribution < 1.29 is 4.79 Å². The predicted molar refractivity (Wildman–Crippen MR) is 89.4 cm³/mol. The molecule has 0 aromatic heterocycles. The number of rotatable bonds is 7. The van der Waals surface area contributed by atoms with Crippen molar-refractivity contribution in [1.82, 2.24) is 15.1 Å². The minimum Gasteiger partial charge on any atom is -0.347 e. The molecule has 4 heteroatoms. The molecule has 21 heavy (non-hydrogen) atoms. The SMILES string of the molecule is CCN1CCCC(C(C)NC(CC(C)C)C(=O)N(C)C)C1. The number of carbonyl (C=O) groups excluding carboxylic acids is 1. The zero-order valence-corrected chi connectivity index (χ0v) is 14.9. The Morgan fingerprint density at radius 1 is 1.33 bits per heavy atom. The highest BCUT2D eigenvalue weighted by Gasteiger charge is 2.28. The third-order valence-electron chi connectivity index (χ3n) is 4.61. The van der Waals surface area contributed by atoms with Gasteiger partial charge in [0.1, 0.15) is 0 Å². The number of piperidine rings is 1. The molecule has 1 fully saturated rings. The van der Waals surface area contributed by atoms with Crippen LogP contribution in [0.15, 0.2) is 0 Å². The summed E-state index contributed by atoms with van der Waals surface area (Å²) in [6.45, 7) is 12.4. The molecule has 0 bridgehead atoms. The molecule has 1 saturated heterocycles. The van der Waals surface area contributed by atoms with Gasteiger partial charge in [0.25, 0.3) is 0 Å². The molecule has 0 aliphatic carbocycles. The van der Waals surface area contributed by atoms with Crippen LogP contribution in [0, 0.1) is 11.8 Å². The van der Waals surface area contributed by atoms with E-state index in [0.29, 0.717) is 17.9 Å². The van der Waals surface area contributed by atoms with E-state index in [9.17, 15) is 4.79 Å². The van der Waals surface area contributed by atoms with Gasteiger partial charge in [-0.25, -0.2) is 0 Å². The highest BCUT2D eigenvalue weighted by atomic mass is 16.2. The number of likely N-dealkylation sites (tertiary alicyclic amines) is 1. The first kappa shape index (κ1) is 18.4. The standard InChI is InChI=1S/C17H35N3O/c1-7-20-10-8-9-15(12-20)14(4)18-16(11-13(2)3)17(21)19(5)6/h13-16,18H,7-12H2,1-6H3. The summed E-state index contributed by atoms with van der Waals surface area (Å²) in [5.74, 6) is 1.39. The molecule has 1 aliphatic heterocycles. The van der Waals surface area contributed by atoms with E-state index in [1.807, 2.05) is 14.1 Å². The zero-order chi connectivity index (χ0) is 16.0. The van der Waals surface area contributed by atoms with Crippen molar-refractivity contribution in [2.45, 2.75) is 59.0 Å². The maximum absolute atomic E-state index is 12.4. The van der Waals surface area contributed by atoms with Crippen LogP contribution in [0.4, 0.5) is 0 Å². The normalized spacial score (nSPS) is 23.1. The minimum atomic E-state index is -0.0491. The average molecular weight is 297 g/mol. The van der Waals surface area contributed by atoms with Gasteiger partial charge in [0.2, 0.25) is 5.91 Å². The van der Waals surface area contributed by atoms with Gasteiger partial charge in [-0.1, -0.05) is 20.8 Å². The highest BCUT2D eigenvalue weighted by molar-refractivity contribution is 5.81. The lowest BCUT2D eigenvalue weighted by Gasteiger charge is -2.37. The van der Waals surface area contributed by atoms with Crippen LogP contribution < -0.4 is 5.32 Å². The van der Waals surface area contributed by atoms with Gasteiger partial charge in [-0.2, -0.15) is 0 Å². The number of nitrogens with zero attached hydrogens (tertiary/aromatic N) is 2.